The predicted octanol–water partition coefficient (Wildman–Crippen LogP) is 1.15. The van der Waals surface area contributed by atoms with Gasteiger partial charge < -0.3 is 4.74 Å². The second-order valence-electron chi connectivity index (χ2n) is 0.382. The molecule has 0 saturated carbocycles. The van der Waals surface area contributed by atoms with Gasteiger partial charge in [0.1, 0.15) is 0 Å². The third-order valence-electron chi connectivity index (χ3n) is 0.113. The molecule has 0 fully saturated rings. The SMILES string of the molecule is [CH2-]OC(=O)Cl.[Y]. The Balaban J connectivity index is 0. The number of carbonyl (C=O) groups is 1. The Kier molecular flexibility index (Phi) is 9.75. The number of hydrogen-bond donors (Lipinski definition) is 0. The molecule has 6 heavy (non-hydrogen) atoms. The predicted molar refractivity (Wildman–Crippen MR) is 17.7 cm³/mol. The molecule has 4 heteroatoms. The van der Waals surface area contributed by atoms with Gasteiger partial charge in [-0.3, -0.25) is 0 Å². The normalized spacial score (nSPS) is 5.67. The van der Waals surface area contributed by atoms with Gasteiger partial charge in [0.25, 0.3) is 0 Å². The van der Waals surface area contributed by atoms with E-state index < -0.39 is 5.43 Å². The first-order chi connectivity index (χ1) is 2.27. The summed E-state index contributed by atoms with van der Waals surface area (Å²) in [6.07, 6.45) is 0. The van der Waals surface area contributed by atoms with Gasteiger partial charge in [0.15, 0.2) is 0 Å². The summed E-state index contributed by atoms with van der Waals surface area (Å²) in [7, 11) is 2.70. The van der Waals surface area contributed by atoms with Crippen LogP contribution in [0.1, 0.15) is 0 Å². The number of rotatable bonds is 0. The second kappa shape index (κ2) is 5.86. The van der Waals surface area contributed by atoms with Crippen molar-refractivity contribution in [1.82, 2.24) is 0 Å². The first kappa shape index (κ1) is 9.98. The number of carbonyl (C=O) groups excluding carboxylic acids is 1. The molecule has 2 nitrogen and oxygen atoms in total. The van der Waals surface area contributed by atoms with Gasteiger partial charge in [-0.1, -0.05) is 0 Å². The van der Waals surface area contributed by atoms with E-state index in [-0.39, 0.29) is 32.7 Å². The Morgan fingerprint density at radius 3 is 2.00 bits per heavy atom. The summed E-state index contributed by atoms with van der Waals surface area (Å²) in [4.78, 5) is 9.29. The van der Waals surface area contributed by atoms with E-state index in [0.29, 0.717) is 0 Å². The molecule has 0 aromatic rings. The average molecular weight is 182 g/mol. The zero-order valence-electron chi connectivity index (χ0n) is 2.98. The fraction of sp³-hybridized carbons (Fsp3) is 0. The van der Waals surface area contributed by atoms with E-state index in [1.54, 1.807) is 0 Å². The summed E-state index contributed by atoms with van der Waals surface area (Å²) >= 11 is 4.54. The summed E-state index contributed by atoms with van der Waals surface area (Å²) in [6.45, 7) is 0. The average Bonchev–Trinajstić information content (AvgIpc) is 1.38. The molecule has 0 N–H and O–H groups in total. The van der Waals surface area contributed by atoms with E-state index in [4.69, 9.17) is 0 Å². The van der Waals surface area contributed by atoms with Crippen molar-refractivity contribution in [2.45, 2.75) is 0 Å². The van der Waals surface area contributed by atoms with Gasteiger partial charge in [0.05, 0.1) is 0 Å². The van der Waals surface area contributed by atoms with Crippen molar-refractivity contribution in [1.29, 1.82) is 0 Å². The zero-order chi connectivity index (χ0) is 4.28. The molecule has 0 aliphatic heterocycles. The standard InChI is InChI=1S/C2H2ClO2.Y/c1-5-2(3)4;/h1H2;/q-1;. The van der Waals surface area contributed by atoms with Crippen molar-refractivity contribution in [3.8, 4) is 0 Å². The quantitative estimate of drug-likeness (QED) is 0.415. The first-order valence-electron chi connectivity index (χ1n) is 0.886. The first-order valence-corrected chi connectivity index (χ1v) is 1.26. The van der Waals surface area contributed by atoms with Gasteiger partial charge >= 0.3 is 5.43 Å². The molecule has 0 saturated heterocycles. The Morgan fingerprint density at radius 1 is 1.83 bits per heavy atom. The fourth-order valence-corrected chi connectivity index (χ4v) is 0. The topological polar surface area (TPSA) is 26.3 Å². The maximum absolute atomic E-state index is 9.29. The van der Waals surface area contributed by atoms with Crippen LogP contribution in [-0.2, 0) is 37.4 Å². The number of ether oxygens (including phenoxy) is 1. The largest absolute Gasteiger partial charge is 0.628 e. The minimum absolute atomic E-state index is 0. The van der Waals surface area contributed by atoms with E-state index >= 15 is 0 Å². The zero-order valence-corrected chi connectivity index (χ0v) is 6.57. The van der Waals surface area contributed by atoms with Crippen molar-refractivity contribution < 1.29 is 42.2 Å². The van der Waals surface area contributed by atoms with Crippen LogP contribution in [-0.4, -0.2) is 5.43 Å². The second-order valence-corrected chi connectivity index (χ2v) is 0.691. The summed E-state index contributed by atoms with van der Waals surface area (Å²) in [5, 5.41) is 0. The van der Waals surface area contributed by atoms with Crippen LogP contribution in [0.15, 0.2) is 0 Å². The van der Waals surface area contributed by atoms with Crippen LogP contribution in [0.3, 0.4) is 0 Å². The molecule has 0 unspecified atom stereocenters. The van der Waals surface area contributed by atoms with Crippen molar-refractivity contribution >= 4 is 17.0 Å². The van der Waals surface area contributed by atoms with Crippen LogP contribution in [0.5, 0.6) is 0 Å². The van der Waals surface area contributed by atoms with Gasteiger partial charge in [-0.2, -0.15) is 7.11 Å². The molecule has 0 spiro atoms. The minimum atomic E-state index is -0.884. The maximum Gasteiger partial charge on any atom is 0.371 e. The summed E-state index contributed by atoms with van der Waals surface area (Å²) in [6, 6.07) is 0. The Labute approximate surface area is 66.1 Å². The Bertz CT molecular complexity index is 46.8. The molecule has 0 aliphatic carbocycles. The van der Waals surface area contributed by atoms with E-state index in [1.807, 2.05) is 0 Å². The smallest absolute Gasteiger partial charge is 0.371 e. The molecule has 0 atom stereocenters. The third-order valence-corrected chi connectivity index (χ3v) is 0.223. The van der Waals surface area contributed by atoms with Crippen LogP contribution < -0.4 is 0 Å². The van der Waals surface area contributed by atoms with Crippen molar-refractivity contribution in [3.05, 3.63) is 7.11 Å². The van der Waals surface area contributed by atoms with E-state index in [9.17, 15) is 4.79 Å². The van der Waals surface area contributed by atoms with Gasteiger partial charge in [0, 0.05) is 44.3 Å². The molecule has 0 aliphatic rings. The molecule has 33 valence electrons. The molecule has 0 bridgehead atoms. The molecular weight excluding hydrogens is 180 g/mol. The van der Waals surface area contributed by atoms with Crippen LogP contribution in [0.25, 0.3) is 0 Å². The van der Waals surface area contributed by atoms with Crippen molar-refractivity contribution in [2.75, 3.05) is 0 Å². The maximum atomic E-state index is 9.29. The van der Waals surface area contributed by atoms with E-state index in [0.717, 1.165) is 0 Å². The molecule has 0 aromatic carbocycles. The molecule has 0 heterocycles. The van der Waals surface area contributed by atoms with Crippen LogP contribution in [0.2, 0.25) is 0 Å². The Hall–Kier alpha value is 0.864. The third kappa shape index (κ3) is 8.85. The minimum Gasteiger partial charge on any atom is -0.628 e. The summed E-state index contributed by atoms with van der Waals surface area (Å²) < 4.78 is 3.63. The van der Waals surface area contributed by atoms with Gasteiger partial charge in [-0.25, -0.2) is 4.79 Å². The molecule has 0 aromatic heterocycles. The van der Waals surface area contributed by atoms with E-state index in [1.165, 1.54) is 0 Å². The summed E-state index contributed by atoms with van der Waals surface area (Å²) in [5.74, 6) is 0. The van der Waals surface area contributed by atoms with Crippen LogP contribution in [0, 0.1) is 7.11 Å². The molecular formula is C2H2ClO2Y-. The molecule has 0 rings (SSSR count). The number of hydrogen-bond acceptors (Lipinski definition) is 2. The molecule has 1 radical (unpaired) electrons. The molecule has 0 amide bonds. The number of halogens is 1. The van der Waals surface area contributed by atoms with Gasteiger partial charge in [-0.15, -0.1) is 0 Å². The van der Waals surface area contributed by atoms with Crippen LogP contribution in [0.4, 0.5) is 4.79 Å². The van der Waals surface area contributed by atoms with Gasteiger partial charge in [0.2, 0.25) is 0 Å². The van der Waals surface area contributed by atoms with E-state index in [2.05, 4.69) is 23.4 Å². The van der Waals surface area contributed by atoms with Crippen LogP contribution >= 0.6 is 11.6 Å². The summed E-state index contributed by atoms with van der Waals surface area (Å²) in [5.41, 5.74) is -0.884. The fourth-order valence-electron chi connectivity index (χ4n) is 0. The Morgan fingerprint density at radius 2 is 2.00 bits per heavy atom. The monoisotopic (exact) mass is 182 g/mol. The van der Waals surface area contributed by atoms with Crippen molar-refractivity contribution in [2.24, 2.45) is 0 Å². The van der Waals surface area contributed by atoms with Crippen molar-refractivity contribution in [3.63, 3.8) is 0 Å². The van der Waals surface area contributed by atoms with Gasteiger partial charge in [-0.05, 0) is 0 Å².